The van der Waals surface area contributed by atoms with Crippen LogP contribution < -0.4 is 16.2 Å². The molecule has 1 aromatic rings. The second kappa shape index (κ2) is 6.52. The van der Waals surface area contributed by atoms with Crippen molar-refractivity contribution in [2.75, 3.05) is 18.4 Å². The number of hydrogen-bond acceptors (Lipinski definition) is 3. The summed E-state index contributed by atoms with van der Waals surface area (Å²) in [4.78, 5) is 23.7. The summed E-state index contributed by atoms with van der Waals surface area (Å²) in [5.41, 5.74) is 0.669. The van der Waals surface area contributed by atoms with E-state index in [-0.39, 0.29) is 17.4 Å². The average molecular weight is 263 g/mol. The number of carbonyl (C=O) groups excluding carboxylic acids is 1. The van der Waals surface area contributed by atoms with E-state index >= 15 is 0 Å². The van der Waals surface area contributed by atoms with Crippen molar-refractivity contribution in [1.29, 1.82) is 0 Å². The van der Waals surface area contributed by atoms with Crippen molar-refractivity contribution in [3.8, 4) is 0 Å². The molecule has 1 saturated heterocycles. The largest absolute Gasteiger partial charge is 0.325 e. The van der Waals surface area contributed by atoms with Crippen LogP contribution in [0, 0.1) is 5.92 Å². The molecule has 0 radical (unpaired) electrons. The molecule has 0 aliphatic carbocycles. The summed E-state index contributed by atoms with van der Waals surface area (Å²) in [7, 11) is 0. The molecule has 2 N–H and O–H groups in total. The molecule has 2 rings (SSSR count). The maximum absolute atomic E-state index is 12.1. The number of amides is 1. The van der Waals surface area contributed by atoms with E-state index in [2.05, 4.69) is 10.6 Å². The van der Waals surface area contributed by atoms with E-state index in [1.807, 2.05) is 6.92 Å². The molecule has 0 unspecified atom stereocenters. The monoisotopic (exact) mass is 263 g/mol. The number of aromatic nitrogens is 1. The number of nitrogens with zero attached hydrogens (tertiary/aromatic N) is 1. The Morgan fingerprint density at radius 2 is 2.37 bits per heavy atom. The lowest BCUT2D eigenvalue weighted by Gasteiger charge is -2.22. The molecule has 0 bridgehead atoms. The molecule has 0 aromatic carbocycles. The van der Waals surface area contributed by atoms with Crippen molar-refractivity contribution in [1.82, 2.24) is 9.88 Å². The molecule has 2 heterocycles. The Balaban J connectivity index is 2.03. The number of pyridine rings is 1. The summed E-state index contributed by atoms with van der Waals surface area (Å²) in [6.07, 6.45) is 4.57. The molecule has 0 spiro atoms. The molecule has 1 aliphatic heterocycles. The van der Waals surface area contributed by atoms with Gasteiger partial charge in [0.25, 0.3) is 5.56 Å². The van der Waals surface area contributed by atoms with Gasteiger partial charge in [-0.3, -0.25) is 9.59 Å². The van der Waals surface area contributed by atoms with Crippen molar-refractivity contribution < 1.29 is 4.79 Å². The lowest BCUT2D eigenvalue weighted by molar-refractivity contribution is -0.120. The van der Waals surface area contributed by atoms with Gasteiger partial charge in [0.1, 0.15) is 0 Å². The minimum absolute atomic E-state index is 0.0281. The van der Waals surface area contributed by atoms with Crippen LogP contribution in [0.4, 0.5) is 5.69 Å². The topological polar surface area (TPSA) is 63.1 Å². The Labute approximate surface area is 113 Å². The molecule has 5 heteroatoms. The van der Waals surface area contributed by atoms with Gasteiger partial charge in [-0.25, -0.2) is 0 Å². The Morgan fingerprint density at radius 3 is 3.05 bits per heavy atom. The minimum Gasteiger partial charge on any atom is -0.325 e. The highest BCUT2D eigenvalue weighted by atomic mass is 16.2. The van der Waals surface area contributed by atoms with Crippen LogP contribution in [0.3, 0.4) is 0 Å². The lowest BCUT2D eigenvalue weighted by atomic mass is 9.99. The number of anilines is 1. The predicted octanol–water partition coefficient (Wildman–Crippen LogP) is 1.20. The number of carbonyl (C=O) groups is 1. The average Bonchev–Trinajstić information content (AvgIpc) is 2.44. The van der Waals surface area contributed by atoms with Gasteiger partial charge in [0.05, 0.1) is 11.6 Å². The Kier molecular flexibility index (Phi) is 4.74. The van der Waals surface area contributed by atoms with Crippen LogP contribution in [-0.4, -0.2) is 23.6 Å². The molecule has 0 saturated carbocycles. The summed E-state index contributed by atoms with van der Waals surface area (Å²) in [6, 6.07) is 3.17. The Bertz CT molecular complexity index is 490. The fourth-order valence-electron chi connectivity index (χ4n) is 2.34. The lowest BCUT2D eigenvalue weighted by Crippen LogP contribution is -2.37. The van der Waals surface area contributed by atoms with Gasteiger partial charge in [-0.2, -0.15) is 0 Å². The Morgan fingerprint density at radius 1 is 1.53 bits per heavy atom. The minimum atomic E-state index is -0.0285. The van der Waals surface area contributed by atoms with Gasteiger partial charge in [-0.1, -0.05) is 6.92 Å². The highest BCUT2D eigenvalue weighted by Gasteiger charge is 2.20. The zero-order valence-corrected chi connectivity index (χ0v) is 11.3. The van der Waals surface area contributed by atoms with Crippen molar-refractivity contribution >= 4 is 11.6 Å². The molecular formula is C14H21N3O2. The van der Waals surface area contributed by atoms with Gasteiger partial charge >= 0.3 is 0 Å². The number of piperidine rings is 1. The van der Waals surface area contributed by atoms with Gasteiger partial charge in [0.15, 0.2) is 0 Å². The molecular weight excluding hydrogens is 242 g/mol. The quantitative estimate of drug-likeness (QED) is 0.858. The van der Waals surface area contributed by atoms with Crippen LogP contribution in [0.5, 0.6) is 0 Å². The first-order valence-corrected chi connectivity index (χ1v) is 6.93. The maximum Gasteiger partial charge on any atom is 0.250 e. The molecule has 104 valence electrons. The van der Waals surface area contributed by atoms with E-state index in [0.29, 0.717) is 12.2 Å². The second-order valence-electron chi connectivity index (χ2n) is 4.98. The molecule has 1 amide bonds. The third-order valence-corrected chi connectivity index (χ3v) is 3.38. The maximum atomic E-state index is 12.1. The van der Waals surface area contributed by atoms with Gasteiger partial charge in [0, 0.05) is 25.4 Å². The fourth-order valence-corrected chi connectivity index (χ4v) is 2.34. The highest BCUT2D eigenvalue weighted by Crippen LogP contribution is 2.13. The molecule has 5 nitrogen and oxygen atoms in total. The molecule has 1 fully saturated rings. The standard InChI is InChI=1S/C14H21N3O2/c1-2-8-17-10-12(5-6-13(17)18)16-14(19)11-4-3-7-15-9-11/h5-6,10-11,15H,2-4,7-9H2,1H3,(H,16,19)/t11-/m1/s1. The third kappa shape index (κ3) is 3.67. The van der Waals surface area contributed by atoms with Gasteiger partial charge in [-0.05, 0) is 31.9 Å². The van der Waals surface area contributed by atoms with E-state index < -0.39 is 0 Å². The van der Waals surface area contributed by atoms with Gasteiger partial charge in [0.2, 0.25) is 5.91 Å². The van der Waals surface area contributed by atoms with Crippen LogP contribution in [0.2, 0.25) is 0 Å². The van der Waals surface area contributed by atoms with Crippen molar-refractivity contribution in [3.63, 3.8) is 0 Å². The molecule has 1 aliphatic rings. The van der Waals surface area contributed by atoms with Gasteiger partial charge in [-0.15, -0.1) is 0 Å². The number of nitrogens with one attached hydrogen (secondary N) is 2. The van der Waals surface area contributed by atoms with E-state index in [0.717, 1.165) is 32.4 Å². The first-order chi connectivity index (χ1) is 9.20. The molecule has 1 aromatic heterocycles. The zero-order valence-electron chi connectivity index (χ0n) is 11.3. The summed E-state index contributed by atoms with van der Waals surface area (Å²) in [5.74, 6) is 0.0641. The first kappa shape index (κ1) is 13.8. The van der Waals surface area contributed by atoms with E-state index in [4.69, 9.17) is 0 Å². The smallest absolute Gasteiger partial charge is 0.250 e. The highest BCUT2D eigenvalue weighted by molar-refractivity contribution is 5.92. The van der Waals surface area contributed by atoms with Crippen LogP contribution in [0.25, 0.3) is 0 Å². The van der Waals surface area contributed by atoms with Crippen molar-refractivity contribution in [2.45, 2.75) is 32.7 Å². The normalized spacial score (nSPS) is 19.1. The summed E-state index contributed by atoms with van der Waals surface area (Å²) >= 11 is 0. The SMILES string of the molecule is CCCn1cc(NC(=O)[C@@H]2CCCNC2)ccc1=O. The van der Waals surface area contributed by atoms with Crippen LogP contribution in [-0.2, 0) is 11.3 Å². The fraction of sp³-hybridized carbons (Fsp3) is 0.571. The Hall–Kier alpha value is -1.62. The van der Waals surface area contributed by atoms with E-state index in [1.54, 1.807) is 16.8 Å². The van der Waals surface area contributed by atoms with Crippen LogP contribution >= 0.6 is 0 Å². The zero-order chi connectivity index (χ0) is 13.7. The summed E-state index contributed by atoms with van der Waals surface area (Å²) < 4.78 is 1.63. The van der Waals surface area contributed by atoms with Gasteiger partial charge < -0.3 is 15.2 Å². The van der Waals surface area contributed by atoms with Crippen molar-refractivity contribution in [3.05, 3.63) is 28.7 Å². The van der Waals surface area contributed by atoms with E-state index in [9.17, 15) is 9.59 Å². The predicted molar refractivity (Wildman–Crippen MR) is 75.2 cm³/mol. The molecule has 1 atom stereocenters. The second-order valence-corrected chi connectivity index (χ2v) is 4.98. The summed E-state index contributed by atoms with van der Waals surface area (Å²) in [5, 5.41) is 6.13. The molecule has 19 heavy (non-hydrogen) atoms. The van der Waals surface area contributed by atoms with E-state index in [1.165, 1.54) is 6.07 Å². The van der Waals surface area contributed by atoms with Crippen molar-refractivity contribution in [2.24, 2.45) is 5.92 Å². The number of aryl methyl sites for hydroxylation is 1. The third-order valence-electron chi connectivity index (χ3n) is 3.38. The summed E-state index contributed by atoms with van der Waals surface area (Å²) in [6.45, 7) is 4.42. The van der Waals surface area contributed by atoms with Crippen LogP contribution in [0.1, 0.15) is 26.2 Å². The number of rotatable bonds is 4. The van der Waals surface area contributed by atoms with Crippen LogP contribution in [0.15, 0.2) is 23.1 Å². The number of hydrogen-bond donors (Lipinski definition) is 2. The first-order valence-electron chi connectivity index (χ1n) is 6.93.